The maximum Gasteiger partial charge on any atom is 0.261 e. The van der Waals surface area contributed by atoms with Crippen molar-refractivity contribution in [3.05, 3.63) is 52.2 Å². The summed E-state index contributed by atoms with van der Waals surface area (Å²) in [5.74, 6) is -0.475. The lowest BCUT2D eigenvalue weighted by Gasteiger charge is -2.17. The fourth-order valence-corrected chi connectivity index (χ4v) is 3.21. The minimum Gasteiger partial charge on any atom is -0.351 e. The minimum absolute atomic E-state index is 0.00155. The highest BCUT2D eigenvalue weighted by Crippen LogP contribution is 2.15. The van der Waals surface area contributed by atoms with E-state index in [1.54, 1.807) is 13.1 Å². The molecular weight excluding hydrogens is 362 g/mol. The lowest BCUT2D eigenvalue weighted by molar-refractivity contribution is -0.133. The van der Waals surface area contributed by atoms with Gasteiger partial charge in [0.15, 0.2) is 0 Å². The van der Waals surface area contributed by atoms with Crippen molar-refractivity contribution < 1.29 is 14.4 Å². The third-order valence-electron chi connectivity index (χ3n) is 4.08. The van der Waals surface area contributed by atoms with E-state index < -0.39 is 0 Å². The van der Waals surface area contributed by atoms with E-state index in [4.69, 9.17) is 0 Å². The molecule has 2 aromatic rings. The second kappa shape index (κ2) is 10.5. The highest BCUT2D eigenvalue weighted by molar-refractivity contribution is 7.12. The van der Waals surface area contributed by atoms with Gasteiger partial charge in [-0.15, -0.1) is 11.3 Å². The molecule has 0 fully saturated rings. The summed E-state index contributed by atoms with van der Waals surface area (Å²) in [4.78, 5) is 38.2. The Labute approximate surface area is 163 Å². The van der Waals surface area contributed by atoms with Crippen LogP contribution in [-0.4, -0.2) is 42.8 Å². The van der Waals surface area contributed by atoms with Gasteiger partial charge in [0, 0.05) is 25.7 Å². The highest BCUT2D eigenvalue weighted by atomic mass is 32.1. The van der Waals surface area contributed by atoms with Crippen molar-refractivity contribution in [2.75, 3.05) is 25.5 Å². The van der Waals surface area contributed by atoms with Crippen LogP contribution in [0.2, 0.25) is 0 Å². The highest BCUT2D eigenvalue weighted by Gasteiger charge is 2.14. The largest absolute Gasteiger partial charge is 0.351 e. The summed E-state index contributed by atoms with van der Waals surface area (Å²) in [6, 6.07) is 11.2. The smallest absolute Gasteiger partial charge is 0.261 e. The summed E-state index contributed by atoms with van der Waals surface area (Å²) in [7, 11) is 1.61. The quantitative estimate of drug-likeness (QED) is 0.650. The molecule has 0 aliphatic carbocycles. The third kappa shape index (κ3) is 6.53. The Balaban J connectivity index is 1.70. The molecule has 0 unspecified atom stereocenters. The Morgan fingerprint density at radius 1 is 1.11 bits per heavy atom. The molecule has 0 bridgehead atoms. The number of hydrogen-bond acceptors (Lipinski definition) is 4. The molecule has 1 aromatic carbocycles. The number of carbonyl (C=O) groups excluding carboxylic acids is 3. The van der Waals surface area contributed by atoms with Gasteiger partial charge in [-0.2, -0.15) is 0 Å². The molecule has 144 valence electrons. The first-order valence-corrected chi connectivity index (χ1v) is 9.82. The van der Waals surface area contributed by atoms with Crippen molar-refractivity contribution >= 4 is 34.7 Å². The van der Waals surface area contributed by atoms with Crippen molar-refractivity contribution in [2.24, 2.45) is 0 Å². The number of likely N-dealkylation sites (N-methyl/N-ethyl adjacent to an activating group) is 1. The average molecular weight is 388 g/mol. The Morgan fingerprint density at radius 3 is 2.59 bits per heavy atom. The van der Waals surface area contributed by atoms with Crippen LogP contribution in [0, 0.1) is 0 Å². The molecule has 7 heteroatoms. The summed E-state index contributed by atoms with van der Waals surface area (Å²) >= 11 is 1.38. The number of nitrogens with zero attached hydrogens (tertiary/aromatic N) is 1. The summed E-state index contributed by atoms with van der Waals surface area (Å²) in [6.07, 6.45) is 1.63. The lowest BCUT2D eigenvalue weighted by atomic mass is 10.1. The molecule has 6 nitrogen and oxygen atoms in total. The fourth-order valence-electron chi connectivity index (χ4n) is 2.57. The van der Waals surface area contributed by atoms with Gasteiger partial charge in [0.1, 0.15) is 0 Å². The predicted molar refractivity (Wildman–Crippen MR) is 108 cm³/mol. The van der Waals surface area contributed by atoms with Crippen molar-refractivity contribution in [3.8, 4) is 0 Å². The topological polar surface area (TPSA) is 78.5 Å². The third-order valence-corrected chi connectivity index (χ3v) is 4.95. The van der Waals surface area contributed by atoms with E-state index >= 15 is 0 Å². The summed E-state index contributed by atoms with van der Waals surface area (Å²) in [5.41, 5.74) is 1.84. The predicted octanol–water partition coefficient (Wildman–Crippen LogP) is 2.92. The summed E-state index contributed by atoms with van der Waals surface area (Å²) < 4.78 is 0. The van der Waals surface area contributed by atoms with Gasteiger partial charge < -0.3 is 15.5 Å². The Morgan fingerprint density at radius 2 is 1.89 bits per heavy atom. The van der Waals surface area contributed by atoms with Gasteiger partial charge in [-0.1, -0.05) is 31.2 Å². The Hall–Kier alpha value is -2.67. The number of aryl methyl sites for hydroxylation is 1. The maximum absolute atomic E-state index is 12.2. The van der Waals surface area contributed by atoms with Gasteiger partial charge >= 0.3 is 0 Å². The van der Waals surface area contributed by atoms with E-state index in [9.17, 15) is 14.4 Å². The van der Waals surface area contributed by atoms with E-state index in [0.717, 1.165) is 17.7 Å². The molecule has 0 saturated carbocycles. The van der Waals surface area contributed by atoms with E-state index in [1.807, 2.05) is 42.6 Å². The zero-order chi connectivity index (χ0) is 19.6. The zero-order valence-electron chi connectivity index (χ0n) is 15.7. The Kier molecular flexibility index (Phi) is 8.00. The Bertz CT molecular complexity index is 775. The second-order valence-electron chi connectivity index (χ2n) is 6.15. The standard InChI is InChI=1S/C20H25N3O3S/c1-3-15-8-4-5-9-16(15)22-18(24)14-23(2)19(25)11-6-12-21-20(26)17-10-7-13-27-17/h4-5,7-10,13H,3,6,11-12,14H2,1-2H3,(H,21,26)(H,22,24). The van der Waals surface area contributed by atoms with Crippen LogP contribution in [-0.2, 0) is 16.0 Å². The van der Waals surface area contributed by atoms with E-state index in [-0.39, 0.29) is 30.7 Å². The van der Waals surface area contributed by atoms with Gasteiger partial charge in [-0.3, -0.25) is 14.4 Å². The first kappa shape index (κ1) is 20.6. The van der Waals surface area contributed by atoms with Crippen molar-refractivity contribution in [3.63, 3.8) is 0 Å². The number of benzene rings is 1. The second-order valence-corrected chi connectivity index (χ2v) is 7.09. The molecule has 0 saturated heterocycles. The van der Waals surface area contributed by atoms with Gasteiger partial charge in [0.05, 0.1) is 11.4 Å². The molecule has 2 N–H and O–H groups in total. The molecule has 3 amide bonds. The zero-order valence-corrected chi connectivity index (χ0v) is 16.5. The summed E-state index contributed by atoms with van der Waals surface area (Å²) in [6.45, 7) is 2.45. The molecule has 1 aromatic heterocycles. The average Bonchev–Trinajstić information content (AvgIpc) is 3.20. The fraction of sp³-hybridized carbons (Fsp3) is 0.350. The SMILES string of the molecule is CCc1ccccc1NC(=O)CN(C)C(=O)CCCNC(=O)c1cccs1. The maximum atomic E-state index is 12.2. The van der Waals surface area contributed by atoms with Crippen LogP contribution < -0.4 is 10.6 Å². The van der Waals surface area contributed by atoms with Crippen LogP contribution in [0.3, 0.4) is 0 Å². The normalized spacial score (nSPS) is 10.3. The number of rotatable bonds is 9. The van der Waals surface area contributed by atoms with Crippen LogP contribution in [0.1, 0.15) is 35.0 Å². The monoisotopic (exact) mass is 387 g/mol. The van der Waals surface area contributed by atoms with Gasteiger partial charge in [0.25, 0.3) is 5.91 Å². The van der Waals surface area contributed by atoms with Crippen molar-refractivity contribution in [1.82, 2.24) is 10.2 Å². The number of nitrogens with one attached hydrogen (secondary N) is 2. The summed E-state index contributed by atoms with van der Waals surface area (Å²) in [5, 5.41) is 7.49. The number of anilines is 1. The van der Waals surface area contributed by atoms with Crippen molar-refractivity contribution in [1.29, 1.82) is 0 Å². The van der Waals surface area contributed by atoms with Gasteiger partial charge in [0.2, 0.25) is 11.8 Å². The van der Waals surface area contributed by atoms with Crippen LogP contribution in [0.5, 0.6) is 0 Å². The number of hydrogen-bond donors (Lipinski definition) is 2. The molecule has 1 heterocycles. The molecule has 27 heavy (non-hydrogen) atoms. The first-order valence-electron chi connectivity index (χ1n) is 8.94. The molecular formula is C20H25N3O3S. The molecule has 2 rings (SSSR count). The minimum atomic E-state index is -0.224. The van der Waals surface area contributed by atoms with Crippen LogP contribution in [0.25, 0.3) is 0 Å². The lowest BCUT2D eigenvalue weighted by Crippen LogP contribution is -2.35. The van der Waals surface area contributed by atoms with E-state index in [0.29, 0.717) is 17.8 Å². The molecule has 0 radical (unpaired) electrons. The van der Waals surface area contributed by atoms with Crippen molar-refractivity contribution in [2.45, 2.75) is 26.2 Å². The number of carbonyl (C=O) groups is 3. The molecule has 0 atom stereocenters. The number of para-hydroxylation sites is 1. The van der Waals surface area contributed by atoms with Crippen LogP contribution in [0.15, 0.2) is 41.8 Å². The van der Waals surface area contributed by atoms with Gasteiger partial charge in [-0.05, 0) is 35.9 Å². The molecule has 0 aliphatic rings. The first-order chi connectivity index (χ1) is 13.0. The van der Waals surface area contributed by atoms with Crippen LogP contribution in [0.4, 0.5) is 5.69 Å². The number of amides is 3. The van der Waals surface area contributed by atoms with Gasteiger partial charge in [-0.25, -0.2) is 0 Å². The van der Waals surface area contributed by atoms with E-state index in [1.165, 1.54) is 16.2 Å². The number of thiophene rings is 1. The van der Waals surface area contributed by atoms with Crippen LogP contribution >= 0.6 is 11.3 Å². The van der Waals surface area contributed by atoms with E-state index in [2.05, 4.69) is 10.6 Å². The molecule has 0 aliphatic heterocycles. The molecule has 0 spiro atoms.